The van der Waals surface area contributed by atoms with Gasteiger partial charge in [-0.25, -0.2) is 14.4 Å². The van der Waals surface area contributed by atoms with Gasteiger partial charge in [-0.1, -0.05) is 35.4 Å². The fourth-order valence-electron chi connectivity index (χ4n) is 4.28. The first-order valence-corrected chi connectivity index (χ1v) is 12.4. The number of aromatic nitrogens is 2. The number of hydrogen-bond acceptors (Lipinski definition) is 9. The number of nitrogens with zero attached hydrogens (tertiary/aromatic N) is 2. The van der Waals surface area contributed by atoms with Crippen LogP contribution in [0.2, 0.25) is 0 Å². The molecule has 39 heavy (non-hydrogen) atoms. The van der Waals surface area contributed by atoms with Crippen LogP contribution in [0.15, 0.2) is 82.3 Å². The lowest BCUT2D eigenvalue weighted by molar-refractivity contribution is -0.0581. The van der Waals surface area contributed by atoms with Crippen molar-refractivity contribution in [3.05, 3.63) is 106 Å². The fourth-order valence-corrected chi connectivity index (χ4v) is 4.28. The average Bonchev–Trinajstić information content (AvgIpc) is 3.59. The maximum absolute atomic E-state index is 12.9. The molecule has 1 aliphatic heterocycles. The van der Waals surface area contributed by atoms with E-state index in [9.17, 15) is 14.4 Å². The van der Waals surface area contributed by atoms with Gasteiger partial charge in [0.2, 0.25) is 0 Å². The van der Waals surface area contributed by atoms with Crippen LogP contribution in [0, 0.1) is 13.8 Å². The molecule has 0 spiro atoms. The van der Waals surface area contributed by atoms with Crippen molar-refractivity contribution in [3.8, 4) is 11.3 Å². The van der Waals surface area contributed by atoms with Gasteiger partial charge in [0.1, 0.15) is 36.6 Å². The Labute approximate surface area is 223 Å². The first kappa shape index (κ1) is 25.9. The monoisotopic (exact) mass is 529 g/mol. The van der Waals surface area contributed by atoms with Crippen LogP contribution in [0.3, 0.4) is 0 Å². The summed E-state index contributed by atoms with van der Waals surface area (Å²) in [5.74, 6) is -0.664. The molecule has 1 saturated heterocycles. The molecule has 0 radical (unpaired) electrons. The lowest BCUT2D eigenvalue weighted by Gasteiger charge is -2.19. The zero-order chi connectivity index (χ0) is 27.5. The summed E-state index contributed by atoms with van der Waals surface area (Å²) in [6.45, 7) is 3.63. The van der Waals surface area contributed by atoms with Crippen molar-refractivity contribution in [3.63, 3.8) is 0 Å². The third-order valence-electron chi connectivity index (χ3n) is 6.47. The molecule has 2 aromatic heterocycles. The van der Waals surface area contributed by atoms with E-state index in [1.165, 1.54) is 17.0 Å². The van der Waals surface area contributed by atoms with Gasteiger partial charge in [-0.05, 0) is 50.2 Å². The molecule has 1 aliphatic rings. The summed E-state index contributed by atoms with van der Waals surface area (Å²) in [5.41, 5.74) is 8.49. The number of aryl methyl sites for hydroxylation is 2. The van der Waals surface area contributed by atoms with Crippen LogP contribution >= 0.6 is 0 Å². The first-order valence-electron chi connectivity index (χ1n) is 12.4. The second kappa shape index (κ2) is 11.0. The predicted octanol–water partition coefficient (Wildman–Crippen LogP) is 4.07. The highest BCUT2D eigenvalue weighted by atomic mass is 16.6. The Morgan fingerprint density at radius 3 is 2.26 bits per heavy atom. The van der Waals surface area contributed by atoms with Gasteiger partial charge in [-0.15, -0.1) is 0 Å². The van der Waals surface area contributed by atoms with Gasteiger partial charge >= 0.3 is 17.6 Å². The number of benzene rings is 2. The molecule has 4 aromatic rings. The third kappa shape index (κ3) is 5.75. The Morgan fingerprint density at radius 2 is 1.64 bits per heavy atom. The Hall–Kier alpha value is -4.70. The van der Waals surface area contributed by atoms with Gasteiger partial charge in [0.05, 0.1) is 23.0 Å². The zero-order valence-electron chi connectivity index (χ0n) is 21.4. The third-order valence-corrected chi connectivity index (χ3v) is 6.47. The van der Waals surface area contributed by atoms with Crippen LogP contribution in [0.4, 0.5) is 5.82 Å². The molecule has 2 N–H and O–H groups in total. The summed E-state index contributed by atoms with van der Waals surface area (Å²) in [6, 6.07) is 17.3. The summed E-state index contributed by atoms with van der Waals surface area (Å²) in [7, 11) is 0. The number of carbonyl (C=O) groups excluding carboxylic acids is 2. The lowest BCUT2D eigenvalue weighted by Crippen LogP contribution is -2.32. The van der Waals surface area contributed by atoms with Crippen LogP contribution in [0.5, 0.6) is 0 Å². The van der Waals surface area contributed by atoms with Crippen molar-refractivity contribution in [1.29, 1.82) is 0 Å². The van der Waals surface area contributed by atoms with Gasteiger partial charge in [0.15, 0.2) is 0 Å². The molecule has 10 heteroatoms. The highest BCUT2D eigenvalue weighted by Crippen LogP contribution is 2.33. The minimum Gasteiger partial charge on any atom is -0.464 e. The van der Waals surface area contributed by atoms with Gasteiger partial charge in [0.25, 0.3) is 0 Å². The van der Waals surface area contributed by atoms with Gasteiger partial charge in [0, 0.05) is 12.6 Å². The smallest absolute Gasteiger partial charge is 0.351 e. The van der Waals surface area contributed by atoms with Gasteiger partial charge in [-0.2, -0.15) is 4.98 Å². The normalized spacial score (nSPS) is 18.6. The number of ether oxygens (including phenoxy) is 3. The van der Waals surface area contributed by atoms with Crippen LogP contribution in [-0.2, 0) is 14.2 Å². The molecule has 2 aromatic carbocycles. The highest BCUT2D eigenvalue weighted by Gasteiger charge is 2.40. The van der Waals surface area contributed by atoms with Crippen molar-refractivity contribution < 1.29 is 28.2 Å². The summed E-state index contributed by atoms with van der Waals surface area (Å²) in [4.78, 5) is 42.3. The van der Waals surface area contributed by atoms with Crippen LogP contribution in [0.25, 0.3) is 11.3 Å². The van der Waals surface area contributed by atoms with E-state index in [1.807, 2.05) is 26.0 Å². The molecule has 0 bridgehead atoms. The number of rotatable bonds is 7. The maximum atomic E-state index is 12.9. The van der Waals surface area contributed by atoms with Crippen molar-refractivity contribution in [2.24, 2.45) is 0 Å². The largest absolute Gasteiger partial charge is 0.464 e. The highest BCUT2D eigenvalue weighted by molar-refractivity contribution is 5.90. The Kier molecular flexibility index (Phi) is 7.29. The number of furan rings is 1. The number of nitrogen functional groups attached to an aromatic ring is 1. The van der Waals surface area contributed by atoms with E-state index >= 15 is 0 Å². The Bertz CT molecular complexity index is 1530. The van der Waals surface area contributed by atoms with E-state index in [0.717, 1.165) is 11.1 Å². The quantitative estimate of drug-likeness (QED) is 0.351. The van der Waals surface area contributed by atoms with E-state index in [1.54, 1.807) is 48.5 Å². The number of carbonyl (C=O) groups is 2. The second-order valence-corrected chi connectivity index (χ2v) is 9.35. The minimum absolute atomic E-state index is 0.00937. The number of hydrogen-bond donors (Lipinski definition) is 1. The SMILES string of the molecule is Cc1ccc(C(=O)OC[C@H]2O[C@@H](n3cc(-c4ccco4)c(N)nc3=O)C[C@@H]2OC(=O)c2ccc(C)cc2)cc1. The van der Waals surface area contributed by atoms with Crippen molar-refractivity contribution in [2.45, 2.75) is 38.7 Å². The van der Waals surface area contributed by atoms with Crippen LogP contribution < -0.4 is 11.4 Å². The van der Waals surface area contributed by atoms with Crippen LogP contribution in [0.1, 0.15) is 44.5 Å². The fraction of sp³-hybridized carbons (Fsp3) is 0.241. The molecule has 200 valence electrons. The van der Waals surface area contributed by atoms with Crippen molar-refractivity contribution in [1.82, 2.24) is 9.55 Å². The van der Waals surface area contributed by atoms with Gasteiger partial charge < -0.3 is 24.4 Å². The average molecular weight is 530 g/mol. The number of nitrogens with two attached hydrogens (primary N) is 1. The van der Waals surface area contributed by atoms with E-state index in [0.29, 0.717) is 22.5 Å². The molecule has 0 saturated carbocycles. The molecule has 3 heterocycles. The molecule has 0 aliphatic carbocycles. The van der Waals surface area contributed by atoms with E-state index in [4.69, 9.17) is 24.4 Å². The second-order valence-electron chi connectivity index (χ2n) is 9.35. The molecule has 0 amide bonds. The standard InChI is InChI=1S/C29H27N3O7/c1-17-5-9-19(10-6-17)27(33)37-16-24-23(39-28(34)20-11-7-18(2)8-12-20)14-25(38-24)32-15-21(22-4-3-13-36-22)26(30)31-29(32)35/h3-13,15,23-25H,14,16H2,1-2H3,(H2,30,31,35)/t23-,24+,25+/m0/s1. The Morgan fingerprint density at radius 1 is 1.00 bits per heavy atom. The van der Waals surface area contributed by atoms with E-state index in [-0.39, 0.29) is 18.8 Å². The summed E-state index contributed by atoms with van der Waals surface area (Å²) < 4.78 is 24.1. The molecule has 0 unspecified atom stereocenters. The molecule has 1 fully saturated rings. The summed E-state index contributed by atoms with van der Waals surface area (Å²) >= 11 is 0. The van der Waals surface area contributed by atoms with E-state index < -0.39 is 36.1 Å². The van der Waals surface area contributed by atoms with Crippen molar-refractivity contribution >= 4 is 17.8 Å². The minimum atomic E-state index is -0.863. The molecular formula is C29H27N3O7. The topological polar surface area (TPSA) is 136 Å². The summed E-state index contributed by atoms with van der Waals surface area (Å²) in [5, 5.41) is 0. The Balaban J connectivity index is 1.39. The number of anilines is 1. The maximum Gasteiger partial charge on any atom is 0.351 e. The number of esters is 2. The predicted molar refractivity (Wildman–Crippen MR) is 141 cm³/mol. The van der Waals surface area contributed by atoms with Crippen LogP contribution in [-0.4, -0.2) is 40.3 Å². The molecule has 5 rings (SSSR count). The first-order chi connectivity index (χ1) is 18.8. The van der Waals surface area contributed by atoms with E-state index in [2.05, 4.69) is 4.98 Å². The molecule has 3 atom stereocenters. The molecular weight excluding hydrogens is 502 g/mol. The van der Waals surface area contributed by atoms with Gasteiger partial charge in [-0.3, -0.25) is 4.57 Å². The zero-order valence-corrected chi connectivity index (χ0v) is 21.4. The lowest BCUT2D eigenvalue weighted by atomic mass is 10.1. The molecule has 10 nitrogen and oxygen atoms in total. The summed E-state index contributed by atoms with van der Waals surface area (Å²) in [6.07, 6.45) is 0.579. The van der Waals surface area contributed by atoms with Crippen molar-refractivity contribution in [2.75, 3.05) is 12.3 Å².